The first-order valence-electron chi connectivity index (χ1n) is 8.69. The number of urea groups is 1. The van der Waals surface area contributed by atoms with Gasteiger partial charge in [0, 0.05) is 30.0 Å². The average molecular weight is 463 g/mol. The summed E-state index contributed by atoms with van der Waals surface area (Å²) in [5.74, 6) is 0.447. The molecule has 29 heavy (non-hydrogen) atoms. The van der Waals surface area contributed by atoms with Crippen molar-refractivity contribution in [2.75, 3.05) is 38.3 Å². The zero-order chi connectivity index (χ0) is 21.0. The molecule has 0 aliphatic rings. The smallest absolute Gasteiger partial charge is 0.316 e. The number of nitrogens with one attached hydrogen (secondary N) is 2. The van der Waals surface area contributed by atoms with E-state index in [-0.39, 0.29) is 18.3 Å². The number of aromatic nitrogens is 2. The molecule has 10 heteroatoms. The van der Waals surface area contributed by atoms with Crippen LogP contribution in [0, 0.1) is 5.82 Å². The second-order valence-corrected chi connectivity index (χ2v) is 7.27. The highest BCUT2D eigenvalue weighted by molar-refractivity contribution is 9.10. The maximum Gasteiger partial charge on any atom is 0.316 e. The van der Waals surface area contributed by atoms with Gasteiger partial charge >= 0.3 is 6.03 Å². The number of carbonyl (C=O) groups is 1. The first-order valence-corrected chi connectivity index (χ1v) is 9.48. The molecule has 3 aromatic rings. The van der Waals surface area contributed by atoms with Gasteiger partial charge in [-0.25, -0.2) is 19.2 Å². The topological polar surface area (TPSA) is 105 Å². The molecule has 0 atom stereocenters. The first kappa shape index (κ1) is 20.6. The molecule has 4 N–H and O–H groups in total. The molecule has 0 aliphatic carbocycles. The Hall–Kier alpha value is -3.14. The Labute approximate surface area is 175 Å². The average Bonchev–Trinajstić information content (AvgIpc) is 2.67. The molecule has 0 radical (unpaired) electrons. The maximum absolute atomic E-state index is 14.1. The Morgan fingerprint density at radius 2 is 2.07 bits per heavy atom. The number of hydrogen-bond acceptors (Lipinski definition) is 6. The molecule has 0 bridgehead atoms. The largest absolute Gasteiger partial charge is 0.490 e. The SMILES string of the molecule is CN(C)C(=O)NCCOc1cc2ncnc(Nc3ccc(Br)cc3F)c2cc1N. The van der Waals surface area contributed by atoms with Gasteiger partial charge in [0.05, 0.1) is 23.4 Å². The lowest BCUT2D eigenvalue weighted by Crippen LogP contribution is -2.36. The minimum atomic E-state index is -0.418. The number of ether oxygens (including phenoxy) is 1. The zero-order valence-electron chi connectivity index (χ0n) is 15.9. The summed E-state index contributed by atoms with van der Waals surface area (Å²) in [5.41, 5.74) is 7.35. The summed E-state index contributed by atoms with van der Waals surface area (Å²) < 4.78 is 20.4. The molecule has 1 heterocycles. The van der Waals surface area contributed by atoms with Crippen molar-refractivity contribution in [1.29, 1.82) is 0 Å². The van der Waals surface area contributed by atoms with E-state index < -0.39 is 5.82 Å². The van der Waals surface area contributed by atoms with Gasteiger partial charge in [0.25, 0.3) is 0 Å². The lowest BCUT2D eigenvalue weighted by atomic mass is 10.2. The van der Waals surface area contributed by atoms with Gasteiger partial charge in [0.1, 0.15) is 30.3 Å². The summed E-state index contributed by atoms with van der Waals surface area (Å²) >= 11 is 3.23. The fourth-order valence-electron chi connectivity index (χ4n) is 2.52. The van der Waals surface area contributed by atoms with Crippen molar-refractivity contribution >= 4 is 50.1 Å². The standard InChI is InChI=1S/C19H20BrFN6O2/c1-27(2)19(28)23-5-6-29-17-9-16-12(8-14(17)22)18(25-10-24-16)26-15-4-3-11(20)7-13(15)21/h3-4,7-10H,5-6,22H2,1-2H3,(H,23,28)(H,24,25,26). The van der Waals surface area contributed by atoms with Crippen molar-refractivity contribution in [3.8, 4) is 5.75 Å². The Morgan fingerprint density at radius 1 is 1.28 bits per heavy atom. The normalized spacial score (nSPS) is 10.6. The zero-order valence-corrected chi connectivity index (χ0v) is 17.5. The first-order chi connectivity index (χ1) is 13.8. The monoisotopic (exact) mass is 462 g/mol. The van der Waals surface area contributed by atoms with Crippen LogP contribution < -0.4 is 21.1 Å². The van der Waals surface area contributed by atoms with Crippen LogP contribution >= 0.6 is 15.9 Å². The lowest BCUT2D eigenvalue weighted by Gasteiger charge is -2.14. The quantitative estimate of drug-likeness (QED) is 0.382. The van der Waals surface area contributed by atoms with Crippen LogP contribution in [-0.4, -0.2) is 48.1 Å². The third-order valence-electron chi connectivity index (χ3n) is 3.99. The highest BCUT2D eigenvalue weighted by atomic mass is 79.9. The van der Waals surface area contributed by atoms with E-state index in [1.54, 1.807) is 38.4 Å². The molecule has 152 valence electrons. The van der Waals surface area contributed by atoms with E-state index in [1.807, 2.05) is 0 Å². The fourth-order valence-corrected chi connectivity index (χ4v) is 2.85. The molecule has 0 saturated carbocycles. The molecular weight excluding hydrogens is 443 g/mol. The van der Waals surface area contributed by atoms with Crippen molar-refractivity contribution in [3.05, 3.63) is 46.9 Å². The number of nitrogen functional groups attached to an aromatic ring is 1. The van der Waals surface area contributed by atoms with Crippen LogP contribution in [-0.2, 0) is 0 Å². The molecule has 0 fully saturated rings. The van der Waals surface area contributed by atoms with Gasteiger partial charge in [-0.2, -0.15) is 0 Å². The molecule has 8 nitrogen and oxygen atoms in total. The Bertz CT molecular complexity index is 1050. The van der Waals surface area contributed by atoms with E-state index in [4.69, 9.17) is 10.5 Å². The van der Waals surface area contributed by atoms with Crippen LogP contribution in [0.3, 0.4) is 0 Å². The number of benzene rings is 2. The molecule has 1 aromatic heterocycles. The molecule has 2 aromatic carbocycles. The summed E-state index contributed by atoms with van der Waals surface area (Å²) in [4.78, 5) is 21.4. The summed E-state index contributed by atoms with van der Waals surface area (Å²) in [6.45, 7) is 0.573. The number of nitrogens with zero attached hydrogens (tertiary/aromatic N) is 3. The number of amides is 2. The minimum absolute atomic E-state index is 0.205. The fraction of sp³-hybridized carbons (Fsp3) is 0.211. The minimum Gasteiger partial charge on any atom is -0.490 e. The Kier molecular flexibility index (Phi) is 6.32. The van der Waals surface area contributed by atoms with Crippen LogP contribution in [0.1, 0.15) is 0 Å². The van der Waals surface area contributed by atoms with Crippen molar-refractivity contribution in [1.82, 2.24) is 20.2 Å². The number of fused-ring (bicyclic) bond motifs is 1. The van der Waals surface area contributed by atoms with E-state index in [0.717, 1.165) is 0 Å². The second-order valence-electron chi connectivity index (χ2n) is 6.35. The Balaban J connectivity index is 1.77. The van der Waals surface area contributed by atoms with Gasteiger partial charge in [-0.1, -0.05) is 15.9 Å². The predicted octanol–water partition coefficient (Wildman–Crippen LogP) is 3.51. The number of carbonyl (C=O) groups excluding carboxylic acids is 1. The highest BCUT2D eigenvalue weighted by Gasteiger charge is 2.11. The number of anilines is 3. The van der Waals surface area contributed by atoms with E-state index in [0.29, 0.717) is 39.2 Å². The number of rotatable bonds is 6. The van der Waals surface area contributed by atoms with Crippen molar-refractivity contribution in [3.63, 3.8) is 0 Å². The van der Waals surface area contributed by atoms with Gasteiger partial charge in [-0.15, -0.1) is 0 Å². The molecular formula is C19H20BrFN6O2. The third kappa shape index (κ3) is 5.02. The van der Waals surface area contributed by atoms with Crippen LogP contribution in [0.2, 0.25) is 0 Å². The van der Waals surface area contributed by atoms with E-state index in [1.165, 1.54) is 17.3 Å². The molecule has 2 amide bonds. The van der Waals surface area contributed by atoms with Crippen LogP contribution in [0.4, 0.5) is 26.4 Å². The third-order valence-corrected chi connectivity index (χ3v) is 4.49. The second kappa shape index (κ2) is 8.91. The molecule has 0 saturated heterocycles. The molecule has 3 rings (SSSR count). The van der Waals surface area contributed by atoms with E-state index in [9.17, 15) is 9.18 Å². The summed E-state index contributed by atoms with van der Waals surface area (Å²) in [6, 6.07) is 7.84. The molecule has 0 spiro atoms. The molecule has 0 unspecified atom stereocenters. The predicted molar refractivity (Wildman–Crippen MR) is 114 cm³/mol. The number of nitrogens with two attached hydrogens (primary N) is 1. The maximum atomic E-state index is 14.1. The van der Waals surface area contributed by atoms with E-state index >= 15 is 0 Å². The van der Waals surface area contributed by atoms with Crippen molar-refractivity contribution < 1.29 is 13.9 Å². The number of halogens is 2. The van der Waals surface area contributed by atoms with Gasteiger partial charge in [0.2, 0.25) is 0 Å². The van der Waals surface area contributed by atoms with Gasteiger partial charge in [-0.05, 0) is 24.3 Å². The molecule has 0 aliphatic heterocycles. The van der Waals surface area contributed by atoms with Crippen LogP contribution in [0.25, 0.3) is 10.9 Å². The van der Waals surface area contributed by atoms with Gasteiger partial charge < -0.3 is 26.0 Å². The van der Waals surface area contributed by atoms with Gasteiger partial charge in [0.15, 0.2) is 0 Å². The summed E-state index contributed by atoms with van der Waals surface area (Å²) in [7, 11) is 3.31. The summed E-state index contributed by atoms with van der Waals surface area (Å²) in [6.07, 6.45) is 1.37. The summed E-state index contributed by atoms with van der Waals surface area (Å²) in [5, 5.41) is 6.30. The van der Waals surface area contributed by atoms with Gasteiger partial charge in [-0.3, -0.25) is 0 Å². The lowest BCUT2D eigenvalue weighted by molar-refractivity contribution is 0.213. The highest BCUT2D eigenvalue weighted by Crippen LogP contribution is 2.32. The number of hydrogen-bond donors (Lipinski definition) is 3. The van der Waals surface area contributed by atoms with Crippen LogP contribution in [0.15, 0.2) is 41.1 Å². The van der Waals surface area contributed by atoms with E-state index in [2.05, 4.69) is 36.5 Å². The van der Waals surface area contributed by atoms with Crippen molar-refractivity contribution in [2.24, 2.45) is 0 Å². The van der Waals surface area contributed by atoms with Crippen LogP contribution in [0.5, 0.6) is 5.75 Å². The van der Waals surface area contributed by atoms with Crippen molar-refractivity contribution in [2.45, 2.75) is 0 Å². The Morgan fingerprint density at radius 3 is 2.79 bits per heavy atom.